The number of amides is 1. The molecular formula is C21H21N3O3S. The number of aromatic hydroxyl groups is 1. The van der Waals surface area contributed by atoms with Gasteiger partial charge in [-0.2, -0.15) is 5.10 Å². The van der Waals surface area contributed by atoms with Crippen LogP contribution in [-0.4, -0.2) is 35.1 Å². The van der Waals surface area contributed by atoms with Crippen LogP contribution in [0, 0.1) is 13.8 Å². The predicted molar refractivity (Wildman–Crippen MR) is 112 cm³/mol. The Morgan fingerprint density at radius 1 is 1.25 bits per heavy atom. The first-order chi connectivity index (χ1) is 13.5. The predicted octanol–water partition coefficient (Wildman–Crippen LogP) is 3.81. The van der Waals surface area contributed by atoms with Gasteiger partial charge in [-0.25, -0.2) is 10.4 Å². The van der Waals surface area contributed by atoms with Crippen molar-refractivity contribution in [2.24, 2.45) is 5.10 Å². The van der Waals surface area contributed by atoms with Gasteiger partial charge in [-0.15, -0.1) is 0 Å². The molecule has 0 aliphatic rings. The number of aromatic nitrogens is 1. The molecule has 6 nitrogen and oxygen atoms in total. The van der Waals surface area contributed by atoms with Crippen LogP contribution in [0.5, 0.6) is 11.5 Å². The van der Waals surface area contributed by atoms with Crippen molar-refractivity contribution in [2.45, 2.75) is 18.9 Å². The monoisotopic (exact) mass is 395 g/mol. The van der Waals surface area contributed by atoms with Crippen molar-refractivity contribution in [3.8, 4) is 11.5 Å². The van der Waals surface area contributed by atoms with E-state index in [1.807, 2.05) is 32.0 Å². The van der Waals surface area contributed by atoms with E-state index in [1.54, 1.807) is 12.1 Å². The summed E-state index contributed by atoms with van der Waals surface area (Å²) in [5.41, 5.74) is 6.40. The molecule has 2 aromatic carbocycles. The number of methoxy groups -OCH3 is 1. The molecule has 0 aliphatic carbocycles. The van der Waals surface area contributed by atoms with Crippen molar-refractivity contribution in [1.29, 1.82) is 0 Å². The minimum Gasteiger partial charge on any atom is -0.504 e. The van der Waals surface area contributed by atoms with Crippen molar-refractivity contribution >= 4 is 34.8 Å². The molecule has 1 heterocycles. The number of hydrogen-bond acceptors (Lipinski definition) is 6. The summed E-state index contributed by atoms with van der Waals surface area (Å²) >= 11 is 1.37. The number of hydrogen-bond donors (Lipinski definition) is 2. The topological polar surface area (TPSA) is 83.8 Å². The van der Waals surface area contributed by atoms with Gasteiger partial charge in [-0.1, -0.05) is 30.0 Å². The Labute approximate surface area is 167 Å². The SMILES string of the molecule is COc1cc(/C=N/NC(=O)CSc2cc(C)c3cccc(C)c3n2)ccc1O. The molecular weight excluding hydrogens is 374 g/mol. The zero-order chi connectivity index (χ0) is 20.1. The summed E-state index contributed by atoms with van der Waals surface area (Å²) in [6.07, 6.45) is 1.49. The smallest absolute Gasteiger partial charge is 0.250 e. The average Bonchev–Trinajstić information content (AvgIpc) is 2.68. The molecule has 2 N–H and O–H groups in total. The number of nitrogens with zero attached hydrogens (tertiary/aromatic N) is 2. The number of hydrazone groups is 1. The molecule has 1 aromatic heterocycles. The number of thioether (sulfide) groups is 1. The number of ether oxygens (including phenoxy) is 1. The van der Waals surface area contributed by atoms with Crippen LogP contribution >= 0.6 is 11.8 Å². The fourth-order valence-electron chi connectivity index (χ4n) is 2.73. The zero-order valence-electron chi connectivity index (χ0n) is 15.9. The highest BCUT2D eigenvalue weighted by Crippen LogP contribution is 2.26. The molecule has 1 amide bonds. The maximum atomic E-state index is 12.1. The minimum atomic E-state index is -0.226. The molecule has 0 aliphatic heterocycles. The number of benzene rings is 2. The lowest BCUT2D eigenvalue weighted by Crippen LogP contribution is -2.19. The van der Waals surface area contributed by atoms with Crippen LogP contribution in [0.15, 0.2) is 52.6 Å². The summed E-state index contributed by atoms with van der Waals surface area (Å²) in [7, 11) is 1.47. The lowest BCUT2D eigenvalue weighted by Gasteiger charge is -2.08. The van der Waals surface area contributed by atoms with Crippen molar-refractivity contribution in [3.63, 3.8) is 0 Å². The standard InChI is InChI=1S/C21H21N3O3S/c1-13-5-4-6-16-14(2)9-20(23-21(13)16)28-12-19(26)24-22-11-15-7-8-17(25)18(10-15)27-3/h4-11,25H,12H2,1-3H3,(H,24,26)/b22-11+. The van der Waals surface area contributed by atoms with E-state index in [-0.39, 0.29) is 17.4 Å². The van der Waals surface area contributed by atoms with Gasteiger partial charge in [-0.3, -0.25) is 4.79 Å². The number of phenolic OH excluding ortho intramolecular Hbond substituents is 1. The summed E-state index contributed by atoms with van der Waals surface area (Å²) in [5.74, 6) is 0.378. The number of rotatable bonds is 6. The van der Waals surface area contributed by atoms with Gasteiger partial charge in [0.1, 0.15) is 0 Å². The summed E-state index contributed by atoms with van der Waals surface area (Å²) in [4.78, 5) is 16.7. The van der Waals surface area contributed by atoms with Crippen molar-refractivity contribution < 1.29 is 14.6 Å². The second-order valence-electron chi connectivity index (χ2n) is 6.26. The number of fused-ring (bicyclic) bond motifs is 1. The first-order valence-electron chi connectivity index (χ1n) is 8.66. The van der Waals surface area contributed by atoms with Gasteiger partial charge >= 0.3 is 0 Å². The molecule has 3 rings (SSSR count). The van der Waals surface area contributed by atoms with E-state index in [0.29, 0.717) is 11.3 Å². The zero-order valence-corrected chi connectivity index (χ0v) is 16.7. The summed E-state index contributed by atoms with van der Waals surface area (Å²) in [5, 5.41) is 15.5. The number of carbonyl (C=O) groups excluding carboxylic acids is 1. The van der Waals surface area contributed by atoms with E-state index < -0.39 is 0 Å². The normalized spacial score (nSPS) is 11.1. The van der Waals surface area contributed by atoms with Crippen LogP contribution in [-0.2, 0) is 4.79 Å². The first kappa shape index (κ1) is 19.7. The van der Waals surface area contributed by atoms with Gasteiger partial charge < -0.3 is 9.84 Å². The third-order valence-electron chi connectivity index (χ3n) is 4.18. The molecule has 28 heavy (non-hydrogen) atoms. The minimum absolute atomic E-state index is 0.0495. The fourth-order valence-corrected chi connectivity index (χ4v) is 3.49. The third-order valence-corrected chi connectivity index (χ3v) is 5.09. The molecule has 0 saturated heterocycles. The summed E-state index contributed by atoms with van der Waals surface area (Å²) in [6.45, 7) is 4.08. The number of pyridine rings is 1. The first-order valence-corrected chi connectivity index (χ1v) is 9.65. The Bertz CT molecular complexity index is 1050. The molecule has 3 aromatic rings. The molecule has 0 unspecified atom stereocenters. The Hall–Kier alpha value is -3.06. The number of para-hydroxylation sites is 1. The van der Waals surface area contributed by atoms with Crippen LogP contribution in [0.2, 0.25) is 0 Å². The van der Waals surface area contributed by atoms with Crippen molar-refractivity contribution in [3.05, 3.63) is 59.2 Å². The van der Waals surface area contributed by atoms with E-state index in [2.05, 4.69) is 21.6 Å². The van der Waals surface area contributed by atoms with Gasteiger partial charge in [0.25, 0.3) is 0 Å². The van der Waals surface area contributed by atoms with Crippen LogP contribution in [0.3, 0.4) is 0 Å². The van der Waals surface area contributed by atoms with E-state index in [1.165, 1.54) is 31.2 Å². The lowest BCUT2D eigenvalue weighted by molar-refractivity contribution is -0.118. The molecule has 0 radical (unpaired) electrons. The van der Waals surface area contributed by atoms with Gasteiger partial charge in [0.15, 0.2) is 11.5 Å². The maximum absolute atomic E-state index is 12.1. The van der Waals surface area contributed by atoms with Gasteiger partial charge in [0, 0.05) is 5.39 Å². The Kier molecular flexibility index (Phi) is 6.16. The van der Waals surface area contributed by atoms with Crippen molar-refractivity contribution in [2.75, 3.05) is 12.9 Å². The quantitative estimate of drug-likeness (QED) is 0.377. The molecule has 7 heteroatoms. The maximum Gasteiger partial charge on any atom is 0.250 e. The molecule has 144 valence electrons. The molecule has 0 saturated carbocycles. The average molecular weight is 395 g/mol. The van der Waals surface area contributed by atoms with Crippen LogP contribution < -0.4 is 10.2 Å². The third kappa shape index (κ3) is 4.61. The van der Waals surface area contributed by atoms with Crippen LogP contribution in [0.25, 0.3) is 10.9 Å². The highest BCUT2D eigenvalue weighted by Gasteiger charge is 2.08. The van der Waals surface area contributed by atoms with Gasteiger partial charge in [-0.05, 0) is 54.8 Å². The van der Waals surface area contributed by atoms with Crippen molar-refractivity contribution in [1.82, 2.24) is 10.4 Å². The van der Waals surface area contributed by atoms with Crippen LogP contribution in [0.4, 0.5) is 0 Å². The molecule has 0 spiro atoms. The van der Waals surface area contributed by atoms with Crippen LogP contribution in [0.1, 0.15) is 16.7 Å². The lowest BCUT2D eigenvalue weighted by atomic mass is 10.1. The number of aryl methyl sites for hydroxylation is 2. The number of nitrogens with one attached hydrogen (secondary N) is 1. The van der Waals surface area contributed by atoms with Gasteiger partial charge in [0.05, 0.1) is 29.6 Å². The summed E-state index contributed by atoms with van der Waals surface area (Å²) in [6, 6.07) is 12.9. The number of phenols is 1. The highest BCUT2D eigenvalue weighted by molar-refractivity contribution is 7.99. The van der Waals surface area contributed by atoms with E-state index >= 15 is 0 Å². The fraction of sp³-hybridized carbons (Fsp3) is 0.190. The highest BCUT2D eigenvalue weighted by atomic mass is 32.2. The molecule has 0 bridgehead atoms. The van der Waals surface area contributed by atoms with Gasteiger partial charge in [0.2, 0.25) is 5.91 Å². The van der Waals surface area contributed by atoms with E-state index in [4.69, 9.17) is 4.74 Å². The van der Waals surface area contributed by atoms with E-state index in [0.717, 1.165) is 27.1 Å². The van der Waals surface area contributed by atoms with E-state index in [9.17, 15) is 9.90 Å². The Balaban J connectivity index is 1.60. The largest absolute Gasteiger partial charge is 0.504 e. The number of carbonyl (C=O) groups is 1. The Morgan fingerprint density at radius 3 is 2.86 bits per heavy atom. The second kappa shape index (κ2) is 8.75. The Morgan fingerprint density at radius 2 is 2.07 bits per heavy atom. The molecule has 0 atom stereocenters. The summed E-state index contributed by atoms with van der Waals surface area (Å²) < 4.78 is 5.04. The molecule has 0 fully saturated rings. The second-order valence-corrected chi connectivity index (χ2v) is 7.26.